The molecular formula is C37H25N5. The molecule has 8 aromatic rings. The fourth-order valence-electron chi connectivity index (χ4n) is 5.69. The Balaban J connectivity index is 1.20. The lowest BCUT2D eigenvalue weighted by Gasteiger charge is -2.13. The summed E-state index contributed by atoms with van der Waals surface area (Å²) in [7, 11) is 0. The molecule has 0 saturated carbocycles. The molecule has 0 aliphatic rings. The third kappa shape index (κ3) is 4.07. The molecule has 0 spiro atoms. The Morgan fingerprint density at radius 2 is 1.19 bits per heavy atom. The van der Waals surface area contributed by atoms with E-state index in [0.717, 1.165) is 67.2 Å². The lowest BCUT2D eigenvalue weighted by Crippen LogP contribution is -1.99. The molecule has 5 aromatic carbocycles. The molecule has 3 heterocycles. The SMILES string of the molecule is c1ccc(-c2nc3ccccc3n2-c2ccc(-c3ccccc3-c3cccc(-n4cnc5ccccc54)c3)nc2)cc1. The molecule has 0 unspecified atom stereocenters. The zero-order valence-corrected chi connectivity index (χ0v) is 22.7. The Hall–Kier alpha value is -5.81. The molecule has 0 atom stereocenters. The van der Waals surface area contributed by atoms with E-state index in [0.29, 0.717) is 0 Å². The summed E-state index contributed by atoms with van der Waals surface area (Å²) in [6, 6.07) is 48.0. The van der Waals surface area contributed by atoms with Gasteiger partial charge in [0.2, 0.25) is 0 Å². The maximum atomic E-state index is 4.98. The number of benzene rings is 5. The molecule has 0 fully saturated rings. The maximum absolute atomic E-state index is 4.98. The Morgan fingerprint density at radius 1 is 0.476 bits per heavy atom. The molecule has 0 amide bonds. The van der Waals surface area contributed by atoms with Crippen LogP contribution in [0.25, 0.3) is 67.2 Å². The first-order chi connectivity index (χ1) is 20.8. The highest BCUT2D eigenvalue weighted by Gasteiger charge is 2.15. The van der Waals surface area contributed by atoms with Crippen molar-refractivity contribution in [3.63, 3.8) is 0 Å². The minimum absolute atomic E-state index is 0.899. The predicted molar refractivity (Wildman–Crippen MR) is 170 cm³/mol. The second kappa shape index (κ2) is 9.98. The molecule has 5 nitrogen and oxygen atoms in total. The third-order valence-electron chi connectivity index (χ3n) is 7.69. The van der Waals surface area contributed by atoms with Crippen LogP contribution in [0.5, 0.6) is 0 Å². The molecule has 0 saturated heterocycles. The minimum Gasteiger partial charge on any atom is -0.299 e. The highest BCUT2D eigenvalue weighted by molar-refractivity contribution is 5.85. The zero-order valence-electron chi connectivity index (χ0n) is 22.7. The molecule has 198 valence electrons. The van der Waals surface area contributed by atoms with E-state index in [9.17, 15) is 0 Å². The number of aromatic nitrogens is 5. The van der Waals surface area contributed by atoms with E-state index < -0.39 is 0 Å². The predicted octanol–water partition coefficient (Wildman–Crippen LogP) is 8.76. The minimum atomic E-state index is 0.899. The lowest BCUT2D eigenvalue weighted by atomic mass is 9.97. The van der Waals surface area contributed by atoms with Crippen molar-refractivity contribution in [3.05, 3.63) is 152 Å². The van der Waals surface area contributed by atoms with Crippen LogP contribution >= 0.6 is 0 Å². The molecule has 42 heavy (non-hydrogen) atoms. The van der Waals surface area contributed by atoms with Crippen LogP contribution in [0, 0.1) is 0 Å². The summed E-state index contributed by atoms with van der Waals surface area (Å²) in [5, 5.41) is 0. The first kappa shape index (κ1) is 24.0. The monoisotopic (exact) mass is 539 g/mol. The molecule has 0 N–H and O–H groups in total. The van der Waals surface area contributed by atoms with Crippen molar-refractivity contribution >= 4 is 22.1 Å². The largest absolute Gasteiger partial charge is 0.299 e. The van der Waals surface area contributed by atoms with Gasteiger partial charge in [0.25, 0.3) is 0 Å². The van der Waals surface area contributed by atoms with Crippen LogP contribution in [-0.4, -0.2) is 24.1 Å². The summed E-state index contributed by atoms with van der Waals surface area (Å²) in [5.41, 5.74) is 11.4. The zero-order chi connectivity index (χ0) is 27.9. The highest BCUT2D eigenvalue weighted by atomic mass is 15.1. The summed E-state index contributed by atoms with van der Waals surface area (Å²) >= 11 is 0. The number of para-hydroxylation sites is 4. The van der Waals surface area contributed by atoms with Gasteiger partial charge in [0.05, 0.1) is 39.6 Å². The fourth-order valence-corrected chi connectivity index (χ4v) is 5.69. The van der Waals surface area contributed by atoms with Gasteiger partial charge in [0, 0.05) is 16.8 Å². The standard InChI is InChI=1S/C37H25N5/c1-2-11-26(12-3-1)37-40-34-18-7-9-20-36(34)42(37)29-21-22-32(38-24-29)31-16-5-4-15-30(31)27-13-10-14-28(23-27)41-25-39-33-17-6-8-19-35(33)41/h1-25H. The van der Waals surface area contributed by atoms with Crippen LogP contribution in [0.15, 0.2) is 152 Å². The third-order valence-corrected chi connectivity index (χ3v) is 7.69. The van der Waals surface area contributed by atoms with Gasteiger partial charge < -0.3 is 0 Å². The van der Waals surface area contributed by atoms with E-state index in [4.69, 9.17) is 9.97 Å². The summed E-state index contributed by atoms with van der Waals surface area (Å²) in [6.07, 6.45) is 3.83. The van der Waals surface area contributed by atoms with Gasteiger partial charge in [-0.05, 0) is 59.7 Å². The Bertz CT molecular complexity index is 2190. The number of fused-ring (bicyclic) bond motifs is 2. The average Bonchev–Trinajstić information content (AvgIpc) is 3.68. The van der Waals surface area contributed by atoms with Crippen molar-refractivity contribution in [3.8, 4) is 45.1 Å². The smallest absolute Gasteiger partial charge is 0.145 e. The molecular weight excluding hydrogens is 514 g/mol. The molecule has 0 radical (unpaired) electrons. The van der Waals surface area contributed by atoms with Gasteiger partial charge in [-0.1, -0.05) is 91.0 Å². The van der Waals surface area contributed by atoms with Crippen LogP contribution in [0.4, 0.5) is 0 Å². The second-order valence-corrected chi connectivity index (χ2v) is 10.2. The van der Waals surface area contributed by atoms with Crippen molar-refractivity contribution in [1.82, 2.24) is 24.1 Å². The maximum Gasteiger partial charge on any atom is 0.145 e. The van der Waals surface area contributed by atoms with E-state index in [-0.39, 0.29) is 0 Å². The Kier molecular flexibility index (Phi) is 5.71. The summed E-state index contributed by atoms with van der Waals surface area (Å²) in [6.45, 7) is 0. The molecule has 3 aromatic heterocycles. The van der Waals surface area contributed by atoms with Crippen molar-refractivity contribution in [2.24, 2.45) is 0 Å². The molecule has 0 aliphatic carbocycles. The van der Waals surface area contributed by atoms with Crippen molar-refractivity contribution in [2.75, 3.05) is 0 Å². The Labute approximate surface area is 243 Å². The number of imidazole rings is 2. The summed E-state index contributed by atoms with van der Waals surface area (Å²) in [4.78, 5) is 14.5. The second-order valence-electron chi connectivity index (χ2n) is 10.2. The number of pyridine rings is 1. The van der Waals surface area contributed by atoms with E-state index in [1.807, 2.05) is 61.1 Å². The van der Waals surface area contributed by atoms with E-state index in [2.05, 4.69) is 105 Å². The van der Waals surface area contributed by atoms with Crippen LogP contribution in [0.3, 0.4) is 0 Å². The van der Waals surface area contributed by atoms with E-state index in [1.165, 1.54) is 0 Å². The van der Waals surface area contributed by atoms with Gasteiger partial charge in [-0.15, -0.1) is 0 Å². The molecule has 8 rings (SSSR count). The number of nitrogens with zero attached hydrogens (tertiary/aromatic N) is 5. The number of rotatable bonds is 5. The first-order valence-corrected chi connectivity index (χ1v) is 14.0. The Morgan fingerprint density at radius 3 is 2.02 bits per heavy atom. The van der Waals surface area contributed by atoms with Gasteiger partial charge in [-0.2, -0.15) is 0 Å². The van der Waals surface area contributed by atoms with Crippen LogP contribution in [0.1, 0.15) is 0 Å². The summed E-state index contributed by atoms with van der Waals surface area (Å²) < 4.78 is 4.32. The van der Waals surface area contributed by atoms with Crippen molar-refractivity contribution < 1.29 is 0 Å². The van der Waals surface area contributed by atoms with Gasteiger partial charge in [0.1, 0.15) is 12.2 Å². The van der Waals surface area contributed by atoms with Gasteiger partial charge >= 0.3 is 0 Å². The van der Waals surface area contributed by atoms with Crippen molar-refractivity contribution in [2.45, 2.75) is 0 Å². The quantitative estimate of drug-likeness (QED) is 0.220. The van der Waals surface area contributed by atoms with E-state index >= 15 is 0 Å². The molecule has 5 heteroatoms. The van der Waals surface area contributed by atoms with Gasteiger partial charge in [0.15, 0.2) is 0 Å². The fraction of sp³-hybridized carbons (Fsp3) is 0. The average molecular weight is 540 g/mol. The van der Waals surface area contributed by atoms with Gasteiger partial charge in [-0.25, -0.2) is 9.97 Å². The first-order valence-electron chi connectivity index (χ1n) is 14.0. The van der Waals surface area contributed by atoms with Crippen LogP contribution in [-0.2, 0) is 0 Å². The van der Waals surface area contributed by atoms with Crippen LogP contribution < -0.4 is 0 Å². The van der Waals surface area contributed by atoms with Gasteiger partial charge in [-0.3, -0.25) is 14.1 Å². The van der Waals surface area contributed by atoms with Crippen molar-refractivity contribution in [1.29, 1.82) is 0 Å². The van der Waals surface area contributed by atoms with Crippen LogP contribution in [0.2, 0.25) is 0 Å². The van der Waals surface area contributed by atoms with E-state index in [1.54, 1.807) is 0 Å². The number of hydrogen-bond donors (Lipinski definition) is 0. The molecule has 0 bridgehead atoms. The normalized spacial score (nSPS) is 11.3. The highest BCUT2D eigenvalue weighted by Crippen LogP contribution is 2.34. The lowest BCUT2D eigenvalue weighted by molar-refractivity contribution is 1.08. The number of hydrogen-bond acceptors (Lipinski definition) is 3. The molecule has 0 aliphatic heterocycles. The summed E-state index contributed by atoms with van der Waals surface area (Å²) in [5.74, 6) is 0.899. The topological polar surface area (TPSA) is 48.5 Å².